The Labute approximate surface area is 167 Å². The normalized spacial score (nSPS) is 10.4. The summed E-state index contributed by atoms with van der Waals surface area (Å²) in [4.78, 5) is 22.9. The summed E-state index contributed by atoms with van der Waals surface area (Å²) in [6.07, 6.45) is 1.62. The van der Waals surface area contributed by atoms with Crippen LogP contribution in [0.1, 0.15) is 21.6 Å². The number of hydrogen-bond donors (Lipinski definition) is 1. The Bertz CT molecular complexity index is 1060. The molecule has 0 unspecified atom stereocenters. The minimum atomic E-state index is -0.558. The highest BCUT2D eigenvalue weighted by Crippen LogP contribution is 2.26. The molecule has 0 bridgehead atoms. The molecule has 0 spiro atoms. The number of hydrogen-bond acceptors (Lipinski definition) is 6. The summed E-state index contributed by atoms with van der Waals surface area (Å²) in [5.41, 5.74) is 2.36. The van der Waals surface area contributed by atoms with Gasteiger partial charge >= 0.3 is 0 Å². The molecule has 0 saturated carbocycles. The van der Waals surface area contributed by atoms with Gasteiger partial charge in [0.1, 0.15) is 11.5 Å². The number of anilines is 1. The number of carbonyl (C=O) groups excluding carboxylic acids is 1. The Kier molecular flexibility index (Phi) is 5.77. The van der Waals surface area contributed by atoms with E-state index in [1.54, 1.807) is 6.20 Å². The highest BCUT2D eigenvalue weighted by atomic mass is 16.6. The summed E-state index contributed by atoms with van der Waals surface area (Å²) in [5.74, 6) is 0.500. The molecule has 2 aromatic carbocycles. The number of carbonyl (C=O) groups is 1. The molecule has 0 aliphatic heterocycles. The summed E-state index contributed by atoms with van der Waals surface area (Å²) < 4.78 is 12.3. The molecule has 0 fully saturated rings. The van der Waals surface area contributed by atoms with Gasteiger partial charge in [-0.15, -0.1) is 0 Å². The molecule has 0 radical (unpaired) electrons. The number of nitrogens with zero attached hydrogens (tertiary/aromatic N) is 3. The lowest BCUT2D eigenvalue weighted by atomic mass is 10.1. The number of aryl methyl sites for hydroxylation is 2. The number of nitro benzene ring substituents is 1. The quantitative estimate of drug-likeness (QED) is 0.482. The fraction of sp³-hybridized carbons (Fsp3) is 0.200. The predicted molar refractivity (Wildman–Crippen MR) is 106 cm³/mol. The molecule has 3 aromatic rings. The SMILES string of the molecule is COc1cc(NC(=O)c2ccn(COc3ccc(C)cc3C)n2)cc([N+](=O)[O-])c1. The highest BCUT2D eigenvalue weighted by molar-refractivity contribution is 6.03. The number of amides is 1. The Morgan fingerprint density at radius 2 is 2.00 bits per heavy atom. The molecule has 29 heavy (non-hydrogen) atoms. The molecule has 1 aromatic heterocycles. The van der Waals surface area contributed by atoms with Gasteiger partial charge < -0.3 is 14.8 Å². The van der Waals surface area contributed by atoms with E-state index in [2.05, 4.69) is 10.4 Å². The fourth-order valence-corrected chi connectivity index (χ4v) is 2.73. The number of methoxy groups -OCH3 is 1. The molecule has 0 saturated heterocycles. The van der Waals surface area contributed by atoms with Crippen LogP contribution in [0.3, 0.4) is 0 Å². The molecule has 9 nitrogen and oxygen atoms in total. The summed E-state index contributed by atoms with van der Waals surface area (Å²) in [6, 6.07) is 11.4. The van der Waals surface area contributed by atoms with Crippen molar-refractivity contribution >= 4 is 17.3 Å². The lowest BCUT2D eigenvalue weighted by Gasteiger charge is -2.09. The van der Waals surface area contributed by atoms with Crippen LogP contribution in [-0.4, -0.2) is 27.7 Å². The second-order valence-corrected chi connectivity index (χ2v) is 6.41. The van der Waals surface area contributed by atoms with E-state index in [-0.39, 0.29) is 29.5 Å². The van der Waals surface area contributed by atoms with Crippen LogP contribution in [-0.2, 0) is 6.73 Å². The predicted octanol–water partition coefficient (Wildman–Crippen LogP) is 3.71. The Morgan fingerprint density at radius 3 is 2.69 bits per heavy atom. The molecule has 150 valence electrons. The van der Waals surface area contributed by atoms with Gasteiger partial charge in [0, 0.05) is 18.3 Å². The first-order valence-electron chi connectivity index (χ1n) is 8.74. The van der Waals surface area contributed by atoms with E-state index in [0.29, 0.717) is 0 Å². The number of aromatic nitrogens is 2. The van der Waals surface area contributed by atoms with Crippen LogP contribution in [0, 0.1) is 24.0 Å². The number of ether oxygens (including phenoxy) is 2. The largest absolute Gasteiger partial charge is 0.496 e. The van der Waals surface area contributed by atoms with Gasteiger partial charge in [-0.2, -0.15) is 5.10 Å². The van der Waals surface area contributed by atoms with Crippen LogP contribution >= 0.6 is 0 Å². The maximum absolute atomic E-state index is 12.4. The number of nitro groups is 1. The van der Waals surface area contributed by atoms with Crippen molar-refractivity contribution in [1.29, 1.82) is 0 Å². The van der Waals surface area contributed by atoms with E-state index in [1.165, 1.54) is 36.1 Å². The average molecular weight is 396 g/mol. The molecule has 1 amide bonds. The van der Waals surface area contributed by atoms with Crippen molar-refractivity contribution in [3.05, 3.63) is 75.6 Å². The molecule has 0 aliphatic rings. The van der Waals surface area contributed by atoms with Crippen LogP contribution in [0.2, 0.25) is 0 Å². The van der Waals surface area contributed by atoms with Gasteiger partial charge in [0.2, 0.25) is 0 Å². The lowest BCUT2D eigenvalue weighted by Crippen LogP contribution is -2.14. The third-order valence-electron chi connectivity index (χ3n) is 4.15. The van der Waals surface area contributed by atoms with Crippen molar-refractivity contribution in [3.63, 3.8) is 0 Å². The summed E-state index contributed by atoms with van der Waals surface area (Å²) in [5, 5.41) is 17.8. The standard InChI is InChI=1S/C20H20N4O5/c1-13-4-5-19(14(2)8-13)29-12-23-7-6-18(22-23)20(25)21-15-9-16(24(26)27)11-17(10-15)28-3/h4-11H,12H2,1-3H3,(H,21,25). The molecular weight excluding hydrogens is 376 g/mol. The fourth-order valence-electron chi connectivity index (χ4n) is 2.73. The second kappa shape index (κ2) is 8.42. The zero-order chi connectivity index (χ0) is 21.0. The van der Waals surface area contributed by atoms with E-state index >= 15 is 0 Å². The summed E-state index contributed by atoms with van der Waals surface area (Å²) >= 11 is 0. The summed E-state index contributed by atoms with van der Waals surface area (Å²) in [6.45, 7) is 4.10. The molecular formula is C20H20N4O5. The van der Waals surface area contributed by atoms with Crippen molar-refractivity contribution in [3.8, 4) is 11.5 Å². The number of rotatable bonds is 7. The van der Waals surface area contributed by atoms with Crippen LogP contribution < -0.4 is 14.8 Å². The topological polar surface area (TPSA) is 109 Å². The van der Waals surface area contributed by atoms with Crippen molar-refractivity contribution in [1.82, 2.24) is 9.78 Å². The maximum atomic E-state index is 12.4. The molecule has 9 heteroatoms. The smallest absolute Gasteiger partial charge is 0.276 e. The maximum Gasteiger partial charge on any atom is 0.276 e. The monoisotopic (exact) mass is 396 g/mol. The second-order valence-electron chi connectivity index (χ2n) is 6.41. The third-order valence-corrected chi connectivity index (χ3v) is 4.15. The van der Waals surface area contributed by atoms with Crippen LogP contribution in [0.15, 0.2) is 48.7 Å². The minimum absolute atomic E-state index is 0.141. The molecule has 1 N–H and O–H groups in total. The van der Waals surface area contributed by atoms with E-state index in [1.807, 2.05) is 32.0 Å². The summed E-state index contributed by atoms with van der Waals surface area (Å²) in [7, 11) is 1.39. The average Bonchev–Trinajstić information content (AvgIpc) is 3.16. The number of nitrogens with one attached hydrogen (secondary N) is 1. The molecule has 0 atom stereocenters. The molecule has 3 rings (SSSR count). The first-order chi connectivity index (χ1) is 13.9. The van der Waals surface area contributed by atoms with Crippen molar-refractivity contribution in [2.24, 2.45) is 0 Å². The van der Waals surface area contributed by atoms with E-state index < -0.39 is 10.8 Å². The van der Waals surface area contributed by atoms with Crippen LogP contribution in [0.25, 0.3) is 0 Å². The van der Waals surface area contributed by atoms with Gasteiger partial charge in [0.25, 0.3) is 11.6 Å². The lowest BCUT2D eigenvalue weighted by molar-refractivity contribution is -0.384. The Morgan fingerprint density at radius 1 is 1.21 bits per heavy atom. The van der Waals surface area contributed by atoms with E-state index in [4.69, 9.17) is 9.47 Å². The van der Waals surface area contributed by atoms with Crippen LogP contribution in [0.4, 0.5) is 11.4 Å². The first-order valence-corrected chi connectivity index (χ1v) is 8.74. The van der Waals surface area contributed by atoms with Crippen molar-refractivity contribution in [2.75, 3.05) is 12.4 Å². The zero-order valence-corrected chi connectivity index (χ0v) is 16.2. The highest BCUT2D eigenvalue weighted by Gasteiger charge is 2.15. The first kappa shape index (κ1) is 19.9. The third kappa shape index (κ3) is 4.89. The van der Waals surface area contributed by atoms with Gasteiger partial charge in [0.05, 0.1) is 23.8 Å². The zero-order valence-electron chi connectivity index (χ0n) is 16.2. The van der Waals surface area contributed by atoms with Gasteiger partial charge in [-0.1, -0.05) is 17.7 Å². The number of non-ortho nitro benzene ring substituents is 1. The van der Waals surface area contributed by atoms with Gasteiger partial charge in [0.15, 0.2) is 12.4 Å². The Hall–Kier alpha value is -3.88. The van der Waals surface area contributed by atoms with E-state index in [9.17, 15) is 14.9 Å². The van der Waals surface area contributed by atoms with Gasteiger partial charge in [-0.3, -0.25) is 14.9 Å². The van der Waals surface area contributed by atoms with Crippen molar-refractivity contribution in [2.45, 2.75) is 20.6 Å². The van der Waals surface area contributed by atoms with Crippen molar-refractivity contribution < 1.29 is 19.2 Å². The number of benzene rings is 2. The minimum Gasteiger partial charge on any atom is -0.496 e. The molecule has 1 heterocycles. The van der Waals surface area contributed by atoms with Gasteiger partial charge in [-0.25, -0.2) is 4.68 Å². The van der Waals surface area contributed by atoms with Crippen LogP contribution in [0.5, 0.6) is 11.5 Å². The Balaban J connectivity index is 1.68. The van der Waals surface area contributed by atoms with Gasteiger partial charge in [-0.05, 0) is 31.5 Å². The van der Waals surface area contributed by atoms with E-state index in [0.717, 1.165) is 16.9 Å². The molecule has 0 aliphatic carbocycles.